The van der Waals surface area contributed by atoms with E-state index >= 15 is 0 Å². The van der Waals surface area contributed by atoms with E-state index in [0.29, 0.717) is 10.8 Å². The molecule has 4 aromatic rings. The van der Waals surface area contributed by atoms with Gasteiger partial charge in [-0.15, -0.1) is 0 Å². The summed E-state index contributed by atoms with van der Waals surface area (Å²) in [5, 5.41) is 1.34. The number of ether oxygens (including phenoxy) is 2. The van der Waals surface area contributed by atoms with Crippen LogP contribution in [0.4, 0.5) is 0 Å². The van der Waals surface area contributed by atoms with Crippen LogP contribution in [0.3, 0.4) is 0 Å². The lowest BCUT2D eigenvalue weighted by molar-refractivity contribution is -0.117. The van der Waals surface area contributed by atoms with Crippen LogP contribution in [-0.2, 0) is 11.2 Å². The van der Waals surface area contributed by atoms with Crippen molar-refractivity contribution in [2.75, 3.05) is 14.2 Å². The largest absolute Gasteiger partial charge is 0.497 e. The summed E-state index contributed by atoms with van der Waals surface area (Å²) in [5.74, 6) is 0.906. The van der Waals surface area contributed by atoms with Crippen LogP contribution in [0.1, 0.15) is 5.56 Å². The van der Waals surface area contributed by atoms with Gasteiger partial charge in [0.05, 0.1) is 47.9 Å². The molecule has 0 saturated carbocycles. The molecule has 0 radical (unpaired) electrons. The van der Waals surface area contributed by atoms with E-state index in [1.807, 2.05) is 42.5 Å². The minimum Gasteiger partial charge on any atom is -0.497 e. The van der Waals surface area contributed by atoms with E-state index < -0.39 is 5.91 Å². The topological polar surface area (TPSA) is 90.2 Å². The van der Waals surface area contributed by atoms with Crippen LogP contribution in [0.15, 0.2) is 42.5 Å². The number of nitrogens with one attached hydrogen (secondary N) is 1. The van der Waals surface area contributed by atoms with Crippen molar-refractivity contribution in [2.24, 2.45) is 5.73 Å². The molecule has 0 aliphatic heterocycles. The number of rotatable bonds is 5. The molecule has 0 unspecified atom stereocenters. The van der Waals surface area contributed by atoms with E-state index in [-0.39, 0.29) is 6.42 Å². The highest BCUT2D eigenvalue weighted by Crippen LogP contribution is 2.36. The lowest BCUT2D eigenvalue weighted by Crippen LogP contribution is -2.14. The van der Waals surface area contributed by atoms with Gasteiger partial charge in [-0.2, -0.15) is 0 Å². The van der Waals surface area contributed by atoms with Gasteiger partial charge in [-0.3, -0.25) is 4.79 Å². The second-order valence-electron chi connectivity index (χ2n) is 6.42. The third-order valence-corrected chi connectivity index (χ3v) is 4.95. The summed E-state index contributed by atoms with van der Waals surface area (Å²) in [6.07, 6.45) is 0.0971. The van der Waals surface area contributed by atoms with E-state index in [9.17, 15) is 4.79 Å². The van der Waals surface area contributed by atoms with Gasteiger partial charge in [0.15, 0.2) is 0 Å². The van der Waals surface area contributed by atoms with Crippen molar-refractivity contribution in [1.29, 1.82) is 0 Å². The summed E-state index contributed by atoms with van der Waals surface area (Å²) in [5.41, 5.74) is 10.2. The van der Waals surface area contributed by atoms with Crippen molar-refractivity contribution in [2.45, 2.75) is 6.42 Å². The Hall–Kier alpha value is -3.25. The second kappa shape index (κ2) is 7.05. The third-order valence-electron chi connectivity index (χ3n) is 4.66. The Labute approximate surface area is 166 Å². The maximum Gasteiger partial charge on any atom is 0.221 e. The van der Waals surface area contributed by atoms with Gasteiger partial charge in [0.2, 0.25) is 5.91 Å². The molecule has 2 heterocycles. The van der Waals surface area contributed by atoms with Gasteiger partial charge in [-0.1, -0.05) is 11.6 Å². The lowest BCUT2D eigenvalue weighted by Gasteiger charge is -2.07. The molecule has 2 aromatic carbocycles. The number of methoxy groups -OCH3 is 2. The Morgan fingerprint density at radius 3 is 2.54 bits per heavy atom. The maximum absolute atomic E-state index is 11.6. The number of nitrogens with zero attached hydrogens (tertiary/aromatic N) is 1. The lowest BCUT2D eigenvalue weighted by atomic mass is 10.0. The van der Waals surface area contributed by atoms with Crippen LogP contribution in [0.2, 0.25) is 5.02 Å². The van der Waals surface area contributed by atoms with E-state index in [2.05, 4.69) is 4.98 Å². The van der Waals surface area contributed by atoms with Crippen molar-refractivity contribution in [3.8, 4) is 22.8 Å². The van der Waals surface area contributed by atoms with Gasteiger partial charge in [0.25, 0.3) is 0 Å². The summed E-state index contributed by atoms with van der Waals surface area (Å²) < 4.78 is 10.5. The Kier molecular flexibility index (Phi) is 4.57. The Morgan fingerprint density at radius 1 is 1.14 bits per heavy atom. The summed E-state index contributed by atoms with van der Waals surface area (Å²) in [6.45, 7) is 0. The molecule has 0 spiro atoms. The molecular formula is C21H18ClN3O3. The van der Waals surface area contributed by atoms with Gasteiger partial charge >= 0.3 is 0 Å². The highest BCUT2D eigenvalue weighted by Gasteiger charge is 2.16. The zero-order valence-corrected chi connectivity index (χ0v) is 16.1. The molecule has 2 aromatic heterocycles. The van der Waals surface area contributed by atoms with Gasteiger partial charge in [0.1, 0.15) is 11.5 Å². The Bertz CT molecular complexity index is 1200. The zero-order valence-electron chi connectivity index (χ0n) is 15.4. The highest BCUT2D eigenvalue weighted by molar-refractivity contribution is 6.33. The van der Waals surface area contributed by atoms with E-state index in [1.165, 1.54) is 0 Å². The monoisotopic (exact) mass is 395 g/mol. The first-order valence-electron chi connectivity index (χ1n) is 8.61. The van der Waals surface area contributed by atoms with E-state index in [4.69, 9.17) is 31.8 Å². The van der Waals surface area contributed by atoms with Crippen LogP contribution >= 0.6 is 11.6 Å². The van der Waals surface area contributed by atoms with Gasteiger partial charge < -0.3 is 20.2 Å². The fourth-order valence-corrected chi connectivity index (χ4v) is 3.55. The average Bonchev–Trinajstić information content (AvgIpc) is 3.04. The number of H-pyrrole nitrogens is 1. The first-order chi connectivity index (χ1) is 13.5. The zero-order chi connectivity index (χ0) is 19.8. The second-order valence-corrected chi connectivity index (χ2v) is 6.83. The predicted octanol–water partition coefficient (Wildman–Crippen LogP) is 4.08. The normalized spacial score (nSPS) is 11.1. The van der Waals surface area contributed by atoms with Crippen LogP contribution in [0.25, 0.3) is 33.2 Å². The van der Waals surface area contributed by atoms with Crippen molar-refractivity contribution in [3.05, 3.63) is 53.1 Å². The van der Waals surface area contributed by atoms with Gasteiger partial charge in [-0.25, -0.2) is 4.98 Å². The fourth-order valence-electron chi connectivity index (χ4n) is 3.31. The number of aromatic amines is 1. The number of halogens is 1. The van der Waals surface area contributed by atoms with E-state index in [0.717, 1.165) is 44.5 Å². The molecule has 3 N–H and O–H groups in total. The SMILES string of the molecule is COc1ccc(-c2cc(CC(N)=O)c3[nH]c4cc(OC)c(Cl)cc4c3n2)cc1. The van der Waals surface area contributed by atoms with Crippen molar-refractivity contribution in [3.63, 3.8) is 0 Å². The number of primary amides is 1. The smallest absolute Gasteiger partial charge is 0.221 e. The number of carbonyl (C=O) groups is 1. The minimum absolute atomic E-state index is 0.0971. The van der Waals surface area contributed by atoms with Crippen LogP contribution < -0.4 is 15.2 Å². The molecule has 142 valence electrons. The molecule has 7 heteroatoms. The summed E-state index contributed by atoms with van der Waals surface area (Å²) in [6, 6.07) is 13.1. The minimum atomic E-state index is -0.414. The number of aromatic nitrogens is 2. The molecule has 0 aliphatic rings. The number of benzene rings is 2. The average molecular weight is 396 g/mol. The van der Waals surface area contributed by atoms with Crippen molar-refractivity contribution < 1.29 is 14.3 Å². The molecule has 0 fully saturated rings. The van der Waals surface area contributed by atoms with Crippen molar-refractivity contribution >= 4 is 39.4 Å². The molecule has 28 heavy (non-hydrogen) atoms. The molecule has 0 atom stereocenters. The van der Waals surface area contributed by atoms with Crippen molar-refractivity contribution in [1.82, 2.24) is 9.97 Å². The number of fused-ring (bicyclic) bond motifs is 3. The molecule has 0 bridgehead atoms. The molecule has 1 amide bonds. The fraction of sp³-hybridized carbons (Fsp3) is 0.143. The van der Waals surface area contributed by atoms with E-state index in [1.54, 1.807) is 14.2 Å². The molecule has 0 saturated heterocycles. The quantitative estimate of drug-likeness (QED) is 0.532. The molecular weight excluding hydrogens is 378 g/mol. The number of carbonyl (C=O) groups excluding carboxylic acids is 1. The molecule has 4 rings (SSSR count). The van der Waals surface area contributed by atoms with Gasteiger partial charge in [0, 0.05) is 17.0 Å². The summed E-state index contributed by atoms with van der Waals surface area (Å²) in [7, 11) is 3.18. The van der Waals surface area contributed by atoms with Gasteiger partial charge in [-0.05, 0) is 42.0 Å². The first-order valence-corrected chi connectivity index (χ1v) is 8.99. The Morgan fingerprint density at radius 2 is 1.89 bits per heavy atom. The number of hydrogen-bond acceptors (Lipinski definition) is 4. The number of amides is 1. The van der Waals surface area contributed by atoms with Crippen LogP contribution in [-0.4, -0.2) is 30.1 Å². The number of nitrogens with two attached hydrogens (primary N) is 1. The van der Waals surface area contributed by atoms with Crippen LogP contribution in [0, 0.1) is 0 Å². The number of pyridine rings is 1. The first kappa shape index (κ1) is 18.1. The van der Waals surface area contributed by atoms with Crippen LogP contribution in [0.5, 0.6) is 11.5 Å². The predicted molar refractivity (Wildman–Crippen MR) is 110 cm³/mol. The summed E-state index contributed by atoms with van der Waals surface area (Å²) >= 11 is 6.32. The number of hydrogen-bond donors (Lipinski definition) is 2. The standard InChI is InChI=1S/C21H18ClN3O3/c1-27-13-5-3-11(4-6-13)16-7-12(8-19(23)26)20-21(24-16)14-9-15(22)18(28-2)10-17(14)25-20/h3-7,9-10,25H,8H2,1-2H3,(H2,23,26). The molecule has 0 aliphatic carbocycles. The Balaban J connectivity index is 1.99. The molecule has 6 nitrogen and oxygen atoms in total. The third kappa shape index (κ3) is 3.12. The summed E-state index contributed by atoms with van der Waals surface area (Å²) in [4.78, 5) is 19.8. The maximum atomic E-state index is 11.6. The highest BCUT2D eigenvalue weighted by atomic mass is 35.5.